The quantitative estimate of drug-likeness (QED) is 0.524. The fraction of sp³-hybridized carbons (Fsp3) is 0.304. The Balaban J connectivity index is 1.68. The number of carbonyl (C=O) groups excluding carboxylic acids is 1. The summed E-state index contributed by atoms with van der Waals surface area (Å²) in [6.07, 6.45) is 1.88. The van der Waals surface area contributed by atoms with Crippen molar-refractivity contribution in [2.24, 2.45) is 0 Å². The van der Waals surface area contributed by atoms with Gasteiger partial charge in [-0.2, -0.15) is 0 Å². The smallest absolute Gasteiger partial charge is 0.255 e. The molecule has 30 heavy (non-hydrogen) atoms. The predicted octanol–water partition coefficient (Wildman–Crippen LogP) is 3.70. The fourth-order valence-electron chi connectivity index (χ4n) is 3.41. The summed E-state index contributed by atoms with van der Waals surface area (Å²) in [6.45, 7) is 4.47. The van der Waals surface area contributed by atoms with Crippen LogP contribution in [0.1, 0.15) is 47.8 Å². The molecule has 0 spiro atoms. The summed E-state index contributed by atoms with van der Waals surface area (Å²) in [7, 11) is 1.54. The van der Waals surface area contributed by atoms with Crippen molar-refractivity contribution in [1.29, 1.82) is 5.41 Å². The van der Waals surface area contributed by atoms with Gasteiger partial charge in [-0.05, 0) is 36.6 Å². The number of carbonyl (C=O) groups is 1. The van der Waals surface area contributed by atoms with Crippen molar-refractivity contribution >= 4 is 11.7 Å². The van der Waals surface area contributed by atoms with Crippen molar-refractivity contribution in [3.63, 3.8) is 0 Å². The number of methoxy groups -OCH3 is 1. The maximum atomic E-state index is 12.5. The molecule has 4 N–H and O–H groups in total. The Hall–Kier alpha value is -3.32. The first kappa shape index (κ1) is 21.4. The minimum atomic E-state index is -0.284. The Labute approximate surface area is 176 Å². The highest BCUT2D eigenvalue weighted by Crippen LogP contribution is 2.30. The SMILES string of the molecule is CCC(C)N1NC(c2ccc(CNC(=O)c3ccccc3OC)cc2)C(=CO)C1=N. The molecule has 2 unspecified atom stereocenters. The molecule has 0 aliphatic carbocycles. The summed E-state index contributed by atoms with van der Waals surface area (Å²) >= 11 is 0. The lowest BCUT2D eigenvalue weighted by atomic mass is 9.99. The molecule has 158 valence electrons. The van der Waals surface area contributed by atoms with E-state index in [4.69, 9.17) is 10.1 Å². The summed E-state index contributed by atoms with van der Waals surface area (Å²) < 4.78 is 5.24. The van der Waals surface area contributed by atoms with E-state index in [1.807, 2.05) is 37.3 Å². The van der Waals surface area contributed by atoms with Gasteiger partial charge >= 0.3 is 0 Å². The largest absolute Gasteiger partial charge is 0.515 e. The summed E-state index contributed by atoms with van der Waals surface area (Å²) in [5, 5.41) is 22.7. The first-order chi connectivity index (χ1) is 14.5. The number of aliphatic hydroxyl groups excluding tert-OH is 1. The van der Waals surface area contributed by atoms with Crippen LogP contribution in [-0.2, 0) is 6.54 Å². The molecule has 0 bridgehead atoms. The molecule has 1 aliphatic rings. The lowest BCUT2D eigenvalue weighted by Crippen LogP contribution is -2.41. The number of nitrogens with zero attached hydrogens (tertiary/aromatic N) is 1. The van der Waals surface area contributed by atoms with Crippen molar-refractivity contribution in [3.05, 3.63) is 77.1 Å². The normalized spacial score (nSPS) is 18.5. The van der Waals surface area contributed by atoms with Crippen LogP contribution in [0.2, 0.25) is 0 Å². The van der Waals surface area contributed by atoms with E-state index in [1.165, 1.54) is 0 Å². The van der Waals surface area contributed by atoms with E-state index in [0.717, 1.165) is 23.8 Å². The maximum absolute atomic E-state index is 12.5. The van der Waals surface area contributed by atoms with E-state index < -0.39 is 0 Å². The molecule has 0 radical (unpaired) electrons. The zero-order valence-electron chi connectivity index (χ0n) is 17.5. The molecular formula is C23H28N4O3. The number of benzene rings is 2. The minimum absolute atomic E-state index is 0.141. The lowest BCUT2D eigenvalue weighted by molar-refractivity contribution is 0.0948. The van der Waals surface area contributed by atoms with Gasteiger partial charge in [-0.15, -0.1) is 0 Å². The van der Waals surface area contributed by atoms with Gasteiger partial charge in [0.2, 0.25) is 0 Å². The predicted molar refractivity (Wildman–Crippen MR) is 117 cm³/mol. The molecule has 1 fully saturated rings. The highest BCUT2D eigenvalue weighted by molar-refractivity contribution is 5.99. The standard InChI is InChI=1S/C23H28N4O3/c1-4-15(2)27-22(24)19(14-28)21(26-27)17-11-9-16(10-12-17)13-25-23(29)18-7-5-6-8-20(18)30-3/h5-12,14-15,21,24,26,28H,4,13H2,1-3H3,(H,25,29). The van der Waals surface area contributed by atoms with E-state index in [9.17, 15) is 9.90 Å². The van der Waals surface area contributed by atoms with Gasteiger partial charge in [0, 0.05) is 12.6 Å². The number of hydrazine groups is 1. The van der Waals surface area contributed by atoms with Crippen LogP contribution in [0, 0.1) is 5.41 Å². The third kappa shape index (κ3) is 4.31. The molecule has 2 aromatic rings. The first-order valence-corrected chi connectivity index (χ1v) is 9.98. The summed E-state index contributed by atoms with van der Waals surface area (Å²) in [5.74, 6) is 0.622. The van der Waals surface area contributed by atoms with Crippen LogP contribution in [0.5, 0.6) is 5.75 Å². The second-order valence-corrected chi connectivity index (χ2v) is 7.25. The second-order valence-electron chi connectivity index (χ2n) is 7.25. The molecule has 2 atom stereocenters. The third-order valence-corrected chi connectivity index (χ3v) is 5.38. The van der Waals surface area contributed by atoms with Gasteiger partial charge in [0.15, 0.2) is 0 Å². The minimum Gasteiger partial charge on any atom is -0.515 e. The number of hydrogen-bond donors (Lipinski definition) is 4. The lowest BCUT2D eigenvalue weighted by Gasteiger charge is -2.25. The Morgan fingerprint density at radius 1 is 1.30 bits per heavy atom. The Morgan fingerprint density at radius 2 is 2.00 bits per heavy atom. The fourth-order valence-corrected chi connectivity index (χ4v) is 3.41. The highest BCUT2D eigenvalue weighted by atomic mass is 16.5. The van der Waals surface area contributed by atoms with E-state index in [-0.39, 0.29) is 23.8 Å². The summed E-state index contributed by atoms with van der Waals surface area (Å²) in [6, 6.07) is 14.7. The van der Waals surface area contributed by atoms with Crippen molar-refractivity contribution in [1.82, 2.24) is 15.8 Å². The molecule has 7 heteroatoms. The molecule has 0 saturated carbocycles. The molecule has 2 aromatic carbocycles. The van der Waals surface area contributed by atoms with Gasteiger partial charge in [-0.3, -0.25) is 15.2 Å². The van der Waals surface area contributed by atoms with Crippen molar-refractivity contribution < 1.29 is 14.6 Å². The molecular weight excluding hydrogens is 380 g/mol. The molecule has 1 amide bonds. The topological polar surface area (TPSA) is 97.7 Å². The Kier molecular flexibility index (Phi) is 6.74. The van der Waals surface area contributed by atoms with Gasteiger partial charge in [0.1, 0.15) is 11.6 Å². The Morgan fingerprint density at radius 3 is 2.63 bits per heavy atom. The zero-order chi connectivity index (χ0) is 21.7. The molecule has 7 nitrogen and oxygen atoms in total. The van der Waals surface area contributed by atoms with E-state index in [1.54, 1.807) is 30.3 Å². The molecule has 0 aromatic heterocycles. The third-order valence-electron chi connectivity index (χ3n) is 5.38. The number of rotatable bonds is 7. The molecule has 1 heterocycles. The van der Waals surface area contributed by atoms with Crippen LogP contribution in [0.4, 0.5) is 0 Å². The van der Waals surface area contributed by atoms with Gasteiger partial charge in [-0.1, -0.05) is 43.3 Å². The van der Waals surface area contributed by atoms with Crippen LogP contribution in [0.3, 0.4) is 0 Å². The van der Waals surface area contributed by atoms with Crippen molar-refractivity contribution in [2.45, 2.75) is 38.9 Å². The van der Waals surface area contributed by atoms with Gasteiger partial charge in [0.25, 0.3) is 5.91 Å². The average molecular weight is 409 g/mol. The van der Waals surface area contributed by atoms with Crippen LogP contribution >= 0.6 is 0 Å². The number of para-hydroxylation sites is 1. The van der Waals surface area contributed by atoms with Crippen LogP contribution in [-0.4, -0.2) is 35.0 Å². The van der Waals surface area contributed by atoms with Gasteiger partial charge in [0.05, 0.1) is 30.6 Å². The van der Waals surface area contributed by atoms with Gasteiger partial charge < -0.3 is 15.2 Å². The summed E-state index contributed by atoms with van der Waals surface area (Å²) in [5.41, 5.74) is 6.22. The molecule has 1 aliphatic heterocycles. The number of amides is 1. The number of amidine groups is 1. The number of ether oxygens (including phenoxy) is 1. The van der Waals surface area contributed by atoms with Crippen molar-refractivity contribution in [2.75, 3.05) is 7.11 Å². The monoisotopic (exact) mass is 408 g/mol. The average Bonchev–Trinajstić information content (AvgIpc) is 3.13. The zero-order valence-corrected chi connectivity index (χ0v) is 17.5. The van der Waals surface area contributed by atoms with E-state index >= 15 is 0 Å². The first-order valence-electron chi connectivity index (χ1n) is 9.98. The van der Waals surface area contributed by atoms with Gasteiger partial charge in [-0.25, -0.2) is 5.43 Å². The van der Waals surface area contributed by atoms with E-state index in [0.29, 0.717) is 23.4 Å². The highest BCUT2D eigenvalue weighted by Gasteiger charge is 2.35. The summed E-state index contributed by atoms with van der Waals surface area (Å²) in [4.78, 5) is 12.5. The van der Waals surface area contributed by atoms with E-state index in [2.05, 4.69) is 17.7 Å². The molecule has 1 saturated heterocycles. The Bertz CT molecular complexity index is 940. The van der Waals surface area contributed by atoms with Crippen LogP contribution < -0.4 is 15.5 Å². The van der Waals surface area contributed by atoms with Crippen molar-refractivity contribution in [3.8, 4) is 5.75 Å². The molecule has 3 rings (SSSR count). The number of hydrogen-bond acceptors (Lipinski definition) is 5. The number of aliphatic hydroxyl groups is 1. The second kappa shape index (κ2) is 9.45. The van der Waals surface area contributed by atoms with Crippen LogP contribution in [0.25, 0.3) is 0 Å². The maximum Gasteiger partial charge on any atom is 0.255 e. The number of nitrogens with one attached hydrogen (secondary N) is 3. The van der Waals surface area contributed by atoms with Crippen LogP contribution in [0.15, 0.2) is 60.4 Å².